The van der Waals surface area contributed by atoms with E-state index in [2.05, 4.69) is 15.5 Å². The fraction of sp³-hybridized carbons (Fsp3) is 0.429. The lowest BCUT2D eigenvalue weighted by Gasteiger charge is -2.08. The lowest BCUT2D eigenvalue weighted by molar-refractivity contribution is -0.677. The molecule has 1 heterocycles. The predicted molar refractivity (Wildman–Crippen MR) is 75.7 cm³/mol. The summed E-state index contributed by atoms with van der Waals surface area (Å²) in [6, 6.07) is 9.60. The minimum Gasteiger partial charge on any atom is -0.309 e. The van der Waals surface area contributed by atoms with Crippen molar-refractivity contribution in [1.29, 1.82) is 0 Å². The molecule has 0 unspecified atom stereocenters. The van der Waals surface area contributed by atoms with Crippen LogP contribution in [0.25, 0.3) is 5.69 Å². The van der Waals surface area contributed by atoms with Gasteiger partial charge in [0.25, 0.3) is 0 Å². The monoisotopic (exact) mass is 277 g/mol. The zero-order valence-corrected chi connectivity index (χ0v) is 11.9. The maximum atomic E-state index is 11.7. The van der Waals surface area contributed by atoms with E-state index in [1.54, 1.807) is 4.68 Å². The average molecular weight is 277 g/mol. The summed E-state index contributed by atoms with van der Waals surface area (Å²) in [5.74, 6) is 0. The van der Waals surface area contributed by atoms with Crippen LogP contribution in [0.15, 0.2) is 39.6 Å². The van der Waals surface area contributed by atoms with E-state index in [4.69, 9.17) is 4.52 Å². The Morgan fingerprint density at radius 3 is 2.75 bits per heavy atom. The van der Waals surface area contributed by atoms with E-state index in [1.165, 1.54) is 0 Å². The first-order valence-corrected chi connectivity index (χ1v) is 6.72. The van der Waals surface area contributed by atoms with Crippen molar-refractivity contribution in [3.8, 4) is 5.69 Å². The SMILES string of the molecule is CN(C)CCCNCc1c(=O)o[nH][n+]1-c1ccccc1. The van der Waals surface area contributed by atoms with Gasteiger partial charge in [-0.25, -0.2) is 4.79 Å². The number of H-pyrrole nitrogens is 1. The van der Waals surface area contributed by atoms with Gasteiger partial charge < -0.3 is 10.2 Å². The quantitative estimate of drug-likeness (QED) is 0.564. The number of nitrogens with one attached hydrogen (secondary N) is 2. The van der Waals surface area contributed by atoms with Gasteiger partial charge in [0.2, 0.25) is 5.69 Å². The van der Waals surface area contributed by atoms with Crippen molar-refractivity contribution in [2.45, 2.75) is 13.0 Å². The van der Waals surface area contributed by atoms with Gasteiger partial charge in [-0.3, -0.25) is 4.52 Å². The largest absolute Gasteiger partial charge is 0.431 e. The summed E-state index contributed by atoms with van der Waals surface area (Å²) in [5.41, 5.74) is 1.11. The fourth-order valence-electron chi connectivity index (χ4n) is 1.96. The van der Waals surface area contributed by atoms with Crippen molar-refractivity contribution < 1.29 is 9.20 Å². The van der Waals surface area contributed by atoms with Crippen LogP contribution in [0.2, 0.25) is 0 Å². The molecule has 0 aliphatic carbocycles. The highest BCUT2D eigenvalue weighted by Gasteiger charge is 2.22. The van der Waals surface area contributed by atoms with E-state index in [0.717, 1.165) is 25.2 Å². The number of para-hydroxylation sites is 1. The predicted octanol–water partition coefficient (Wildman–Crippen LogP) is 0.286. The van der Waals surface area contributed by atoms with Crippen molar-refractivity contribution in [3.63, 3.8) is 0 Å². The molecule has 6 heteroatoms. The van der Waals surface area contributed by atoms with E-state index in [9.17, 15) is 4.79 Å². The molecule has 2 N–H and O–H groups in total. The first-order valence-electron chi connectivity index (χ1n) is 6.72. The molecule has 1 aromatic heterocycles. The minimum absolute atomic E-state index is 0.339. The number of nitrogens with zero attached hydrogens (tertiary/aromatic N) is 2. The summed E-state index contributed by atoms with van der Waals surface area (Å²) >= 11 is 0. The van der Waals surface area contributed by atoms with Crippen molar-refractivity contribution in [1.82, 2.24) is 15.5 Å². The molecule has 108 valence electrons. The molecule has 0 bridgehead atoms. The zero-order valence-electron chi connectivity index (χ0n) is 11.9. The highest BCUT2D eigenvalue weighted by molar-refractivity contribution is 5.21. The molecular formula is C14H21N4O2+. The zero-order chi connectivity index (χ0) is 14.4. The summed E-state index contributed by atoms with van der Waals surface area (Å²) in [6.07, 6.45) is 1.04. The van der Waals surface area contributed by atoms with Crippen molar-refractivity contribution >= 4 is 0 Å². The Morgan fingerprint density at radius 1 is 1.30 bits per heavy atom. The van der Waals surface area contributed by atoms with Crippen molar-refractivity contribution in [2.75, 3.05) is 27.2 Å². The first kappa shape index (κ1) is 14.5. The van der Waals surface area contributed by atoms with Gasteiger partial charge in [0.05, 0.1) is 6.54 Å². The maximum Gasteiger partial charge on any atom is 0.431 e. The Morgan fingerprint density at radius 2 is 2.05 bits per heavy atom. The molecule has 20 heavy (non-hydrogen) atoms. The van der Waals surface area contributed by atoms with E-state index < -0.39 is 0 Å². The third kappa shape index (κ3) is 3.79. The second-order valence-corrected chi connectivity index (χ2v) is 4.93. The average Bonchev–Trinajstić information content (AvgIpc) is 2.80. The minimum atomic E-state index is -0.339. The molecule has 0 aliphatic heterocycles. The third-order valence-electron chi connectivity index (χ3n) is 3.00. The molecule has 0 amide bonds. The molecule has 2 rings (SSSR count). The normalized spacial score (nSPS) is 11.2. The van der Waals surface area contributed by atoms with Crippen LogP contribution in [0.3, 0.4) is 0 Å². The van der Waals surface area contributed by atoms with Gasteiger partial charge >= 0.3 is 11.3 Å². The van der Waals surface area contributed by atoms with Crippen LogP contribution >= 0.6 is 0 Å². The van der Waals surface area contributed by atoms with Gasteiger partial charge in [0, 0.05) is 12.1 Å². The second-order valence-electron chi connectivity index (χ2n) is 4.93. The molecule has 2 aromatic rings. The van der Waals surface area contributed by atoms with Crippen LogP contribution in [0.4, 0.5) is 0 Å². The number of rotatable bonds is 7. The summed E-state index contributed by atoms with van der Waals surface area (Å²) < 4.78 is 6.55. The number of hydrogen-bond acceptors (Lipinski definition) is 4. The standard InChI is InChI=1S/C14H20N4O2/c1-17(2)10-6-9-15-11-13-14(19)20-16-18(13)12-7-4-3-5-8-12/h3-5,7-8,15H,6,9-11H2,1-2H3/p+1. The Balaban J connectivity index is 1.98. The number of aromatic nitrogens is 2. The summed E-state index contributed by atoms with van der Waals surface area (Å²) in [7, 11) is 4.09. The molecular weight excluding hydrogens is 256 g/mol. The van der Waals surface area contributed by atoms with Crippen LogP contribution < -0.4 is 15.6 Å². The van der Waals surface area contributed by atoms with Gasteiger partial charge in [0.1, 0.15) is 0 Å². The second kappa shape index (κ2) is 7.02. The van der Waals surface area contributed by atoms with Crippen LogP contribution in [-0.4, -0.2) is 37.4 Å². The van der Waals surface area contributed by atoms with Crippen LogP contribution in [-0.2, 0) is 6.54 Å². The Labute approximate surface area is 118 Å². The van der Waals surface area contributed by atoms with Crippen molar-refractivity contribution in [2.24, 2.45) is 0 Å². The van der Waals surface area contributed by atoms with Gasteiger partial charge in [-0.1, -0.05) is 18.2 Å². The summed E-state index contributed by atoms with van der Waals surface area (Å²) in [4.78, 5) is 13.9. The Hall–Kier alpha value is -1.92. The Kier molecular flexibility index (Phi) is 5.09. The van der Waals surface area contributed by atoms with E-state index in [-0.39, 0.29) is 5.63 Å². The van der Waals surface area contributed by atoms with Crippen molar-refractivity contribution in [3.05, 3.63) is 46.4 Å². The van der Waals surface area contributed by atoms with Gasteiger partial charge in [0.15, 0.2) is 0 Å². The van der Waals surface area contributed by atoms with E-state index >= 15 is 0 Å². The molecule has 0 radical (unpaired) electrons. The molecule has 6 nitrogen and oxygen atoms in total. The number of aromatic amines is 1. The number of benzene rings is 1. The lowest BCUT2D eigenvalue weighted by atomic mass is 10.3. The van der Waals surface area contributed by atoms with Gasteiger partial charge in [-0.15, -0.1) is 0 Å². The van der Waals surface area contributed by atoms with Gasteiger partial charge in [-0.05, 0) is 43.6 Å². The summed E-state index contributed by atoms with van der Waals surface area (Å²) in [6.45, 7) is 2.36. The third-order valence-corrected chi connectivity index (χ3v) is 3.00. The molecule has 0 saturated heterocycles. The lowest BCUT2D eigenvalue weighted by Crippen LogP contribution is -2.41. The topological polar surface area (TPSA) is 65.2 Å². The highest BCUT2D eigenvalue weighted by atomic mass is 16.5. The molecule has 0 saturated carbocycles. The Bertz CT molecular complexity index is 574. The smallest absolute Gasteiger partial charge is 0.309 e. The van der Waals surface area contributed by atoms with Crippen LogP contribution in [0.1, 0.15) is 12.1 Å². The van der Waals surface area contributed by atoms with E-state index in [0.29, 0.717) is 12.2 Å². The highest BCUT2D eigenvalue weighted by Crippen LogP contribution is 1.97. The van der Waals surface area contributed by atoms with Crippen LogP contribution in [0, 0.1) is 0 Å². The van der Waals surface area contributed by atoms with E-state index in [1.807, 2.05) is 44.4 Å². The van der Waals surface area contributed by atoms with Crippen LogP contribution in [0.5, 0.6) is 0 Å². The molecule has 0 spiro atoms. The fourth-order valence-corrected chi connectivity index (χ4v) is 1.96. The first-order chi connectivity index (χ1) is 9.68. The van der Waals surface area contributed by atoms with Gasteiger partial charge in [-0.2, -0.15) is 0 Å². The molecule has 1 aromatic carbocycles. The molecule has 0 aliphatic rings. The molecule has 0 fully saturated rings. The molecule has 0 atom stereocenters. The maximum absolute atomic E-state index is 11.7. The summed E-state index contributed by atoms with van der Waals surface area (Å²) in [5, 5.41) is 5.90. The number of hydrogen-bond donors (Lipinski definition) is 2.